The summed E-state index contributed by atoms with van der Waals surface area (Å²) in [7, 11) is 0. The van der Waals surface area contributed by atoms with Gasteiger partial charge in [0, 0.05) is 23.2 Å². The maximum absolute atomic E-state index is 13.3. The lowest BCUT2D eigenvalue weighted by Crippen LogP contribution is -2.27. The third-order valence-corrected chi connectivity index (χ3v) is 5.73. The average Bonchev–Trinajstić information content (AvgIpc) is 3.26. The highest BCUT2D eigenvalue weighted by molar-refractivity contribution is 7.14. The maximum Gasteiger partial charge on any atom is 0.183 e. The summed E-state index contributed by atoms with van der Waals surface area (Å²) in [6, 6.07) is 5.09. The normalized spacial score (nSPS) is 13.2. The molecular formula is C21H18ClFN4O4S. The molecule has 8 nitrogen and oxygen atoms in total. The van der Waals surface area contributed by atoms with E-state index in [2.05, 4.69) is 20.3 Å². The van der Waals surface area contributed by atoms with E-state index in [1.165, 1.54) is 35.7 Å². The number of thiazole rings is 1. The van der Waals surface area contributed by atoms with Crippen LogP contribution in [0.2, 0.25) is 5.02 Å². The van der Waals surface area contributed by atoms with Crippen molar-refractivity contribution in [2.75, 3.05) is 25.1 Å². The molecule has 0 fully saturated rings. The Morgan fingerprint density at radius 3 is 2.84 bits per heavy atom. The molecule has 166 valence electrons. The fourth-order valence-corrected chi connectivity index (χ4v) is 3.99. The summed E-state index contributed by atoms with van der Waals surface area (Å²) in [5.74, 6) is -0.305. The van der Waals surface area contributed by atoms with Gasteiger partial charge >= 0.3 is 0 Å². The number of hydrogen-bond acceptors (Lipinski definition) is 9. The molecule has 1 aromatic carbocycles. The molecule has 2 aromatic heterocycles. The summed E-state index contributed by atoms with van der Waals surface area (Å²) in [5.41, 5.74) is 2.28. The molecule has 0 unspecified atom stereocenters. The SMILES string of the molecule is O=C1CC(COc2ccc(F)c(Cl)c2)=Nc2c1ccnc2-c1csc(NC(CO)CO)n1. The van der Waals surface area contributed by atoms with E-state index in [1.54, 1.807) is 11.4 Å². The molecule has 1 aliphatic heterocycles. The van der Waals surface area contributed by atoms with E-state index >= 15 is 0 Å². The predicted molar refractivity (Wildman–Crippen MR) is 120 cm³/mol. The van der Waals surface area contributed by atoms with Crippen molar-refractivity contribution >= 4 is 45.3 Å². The van der Waals surface area contributed by atoms with E-state index in [-0.39, 0.29) is 37.0 Å². The maximum atomic E-state index is 13.3. The zero-order chi connectivity index (χ0) is 22.7. The van der Waals surface area contributed by atoms with Crippen molar-refractivity contribution in [1.82, 2.24) is 9.97 Å². The summed E-state index contributed by atoms with van der Waals surface area (Å²) in [4.78, 5) is 26.1. The number of benzene rings is 1. The predicted octanol–water partition coefficient (Wildman–Crippen LogP) is 3.50. The number of ketones is 1. The van der Waals surface area contributed by atoms with Crippen LogP contribution in [0.25, 0.3) is 11.4 Å². The molecule has 3 N–H and O–H groups in total. The van der Waals surface area contributed by atoms with Gasteiger partial charge in [0.25, 0.3) is 0 Å². The van der Waals surface area contributed by atoms with E-state index < -0.39 is 11.9 Å². The first kappa shape index (κ1) is 22.3. The largest absolute Gasteiger partial charge is 0.488 e. The molecule has 0 saturated carbocycles. The number of anilines is 1. The Labute approximate surface area is 191 Å². The van der Waals surface area contributed by atoms with Crippen LogP contribution in [0.3, 0.4) is 0 Å². The Kier molecular flexibility index (Phi) is 6.75. The first-order valence-corrected chi connectivity index (χ1v) is 10.8. The van der Waals surface area contributed by atoms with Crippen LogP contribution >= 0.6 is 22.9 Å². The Morgan fingerprint density at radius 2 is 2.09 bits per heavy atom. The third-order valence-electron chi connectivity index (χ3n) is 4.67. The van der Waals surface area contributed by atoms with Gasteiger partial charge in [0.1, 0.15) is 35.2 Å². The highest BCUT2D eigenvalue weighted by Crippen LogP contribution is 2.36. The van der Waals surface area contributed by atoms with Crippen LogP contribution in [0.15, 0.2) is 40.8 Å². The van der Waals surface area contributed by atoms with Crippen molar-refractivity contribution < 1.29 is 24.1 Å². The summed E-state index contributed by atoms with van der Waals surface area (Å²) in [6.07, 6.45) is 1.62. The monoisotopic (exact) mass is 476 g/mol. The Bertz CT molecular complexity index is 1180. The van der Waals surface area contributed by atoms with Crippen LogP contribution in [0.5, 0.6) is 5.75 Å². The molecule has 0 atom stereocenters. The average molecular weight is 477 g/mol. The fourth-order valence-electron chi connectivity index (χ4n) is 3.05. The molecule has 4 rings (SSSR count). The number of hydrogen-bond donors (Lipinski definition) is 3. The molecule has 3 heterocycles. The van der Waals surface area contributed by atoms with Gasteiger partial charge in [-0.15, -0.1) is 11.3 Å². The van der Waals surface area contributed by atoms with Gasteiger partial charge in [-0.3, -0.25) is 14.8 Å². The Morgan fingerprint density at radius 1 is 1.28 bits per heavy atom. The van der Waals surface area contributed by atoms with Crippen LogP contribution in [0.4, 0.5) is 15.2 Å². The van der Waals surface area contributed by atoms with Gasteiger partial charge in [-0.2, -0.15) is 0 Å². The number of carbonyl (C=O) groups is 1. The van der Waals surface area contributed by atoms with E-state index in [9.17, 15) is 19.4 Å². The lowest BCUT2D eigenvalue weighted by atomic mass is 9.99. The minimum absolute atomic E-state index is 0.0278. The topological polar surface area (TPSA) is 117 Å². The number of nitrogens with one attached hydrogen (secondary N) is 1. The number of aliphatic imine (C=N–C) groups is 1. The van der Waals surface area contributed by atoms with Gasteiger partial charge in [-0.1, -0.05) is 11.6 Å². The number of ether oxygens (including phenoxy) is 1. The number of halogens is 2. The van der Waals surface area contributed by atoms with Gasteiger partial charge < -0.3 is 20.3 Å². The van der Waals surface area contributed by atoms with Crippen molar-refractivity contribution in [2.24, 2.45) is 4.99 Å². The number of carbonyl (C=O) groups excluding carboxylic acids is 1. The summed E-state index contributed by atoms with van der Waals surface area (Å²) < 4.78 is 19.0. The number of rotatable bonds is 8. The third kappa shape index (κ3) is 4.78. The number of Topliss-reactive ketones (excluding diaryl/α,β-unsaturated/α-hetero) is 1. The number of pyridine rings is 1. The summed E-state index contributed by atoms with van der Waals surface area (Å²) >= 11 is 7.06. The number of nitrogens with zero attached hydrogens (tertiary/aromatic N) is 3. The lowest BCUT2D eigenvalue weighted by Gasteiger charge is -2.17. The van der Waals surface area contributed by atoms with Gasteiger partial charge in [-0.25, -0.2) is 9.37 Å². The van der Waals surface area contributed by atoms with E-state index in [4.69, 9.17) is 16.3 Å². The molecule has 0 saturated heterocycles. The summed E-state index contributed by atoms with van der Waals surface area (Å²) in [6.45, 7) is -0.461. The molecule has 32 heavy (non-hydrogen) atoms. The summed E-state index contributed by atoms with van der Waals surface area (Å²) in [5, 5.41) is 23.6. The molecule has 0 spiro atoms. The minimum atomic E-state index is -0.546. The zero-order valence-electron chi connectivity index (χ0n) is 16.6. The first-order valence-electron chi connectivity index (χ1n) is 9.59. The standard InChI is InChI=1S/C21H18ClFN4O4S/c22-15-6-13(1-2-16(15)23)31-9-11-5-18(30)14-3-4-24-20(19(14)25-11)17-10-32-21(27-17)26-12(7-28)8-29/h1-4,6,10,12,28-29H,5,7-9H2,(H,26,27). The van der Waals surface area contributed by atoms with Crippen LogP contribution in [-0.4, -0.2) is 57.5 Å². The number of aromatic nitrogens is 2. The molecule has 0 aliphatic carbocycles. The molecule has 11 heteroatoms. The van der Waals surface area contributed by atoms with E-state index in [1.807, 2.05) is 0 Å². The second kappa shape index (κ2) is 9.70. The highest BCUT2D eigenvalue weighted by atomic mass is 35.5. The smallest absolute Gasteiger partial charge is 0.183 e. The molecule has 0 bridgehead atoms. The van der Waals surface area contributed by atoms with E-state index in [0.29, 0.717) is 39.2 Å². The second-order valence-corrected chi connectivity index (χ2v) is 8.21. The Balaban J connectivity index is 1.59. The minimum Gasteiger partial charge on any atom is -0.488 e. The molecule has 0 radical (unpaired) electrons. The number of aliphatic hydroxyl groups is 2. The Hall–Kier alpha value is -2.92. The van der Waals surface area contributed by atoms with Crippen LogP contribution in [-0.2, 0) is 0 Å². The first-order chi connectivity index (χ1) is 15.5. The van der Waals surface area contributed by atoms with E-state index in [0.717, 1.165) is 0 Å². The molecule has 1 aliphatic rings. The second-order valence-electron chi connectivity index (χ2n) is 6.94. The van der Waals surface area contributed by atoms with Gasteiger partial charge in [-0.05, 0) is 18.2 Å². The number of fused-ring (bicyclic) bond motifs is 1. The number of aliphatic hydroxyl groups excluding tert-OH is 2. The van der Waals surface area contributed by atoms with Gasteiger partial charge in [0.15, 0.2) is 10.9 Å². The van der Waals surface area contributed by atoms with Crippen molar-refractivity contribution in [2.45, 2.75) is 12.5 Å². The van der Waals surface area contributed by atoms with Crippen molar-refractivity contribution in [1.29, 1.82) is 0 Å². The van der Waals surface area contributed by atoms with Gasteiger partial charge in [0.2, 0.25) is 0 Å². The fraction of sp³-hybridized carbons (Fsp3) is 0.238. The van der Waals surface area contributed by atoms with Crippen LogP contribution < -0.4 is 10.1 Å². The zero-order valence-corrected chi connectivity index (χ0v) is 18.2. The van der Waals surface area contributed by atoms with Crippen molar-refractivity contribution in [3.05, 3.63) is 52.2 Å². The van der Waals surface area contributed by atoms with Crippen LogP contribution in [0.1, 0.15) is 16.8 Å². The van der Waals surface area contributed by atoms with Crippen LogP contribution in [0, 0.1) is 5.82 Å². The highest BCUT2D eigenvalue weighted by Gasteiger charge is 2.25. The molecular weight excluding hydrogens is 459 g/mol. The van der Waals surface area contributed by atoms with Crippen molar-refractivity contribution in [3.63, 3.8) is 0 Å². The molecule has 0 amide bonds. The quantitative estimate of drug-likeness (QED) is 0.455. The lowest BCUT2D eigenvalue weighted by molar-refractivity contribution is 0.0998. The van der Waals surface area contributed by atoms with Crippen molar-refractivity contribution in [3.8, 4) is 17.1 Å². The van der Waals surface area contributed by atoms with Gasteiger partial charge in [0.05, 0.1) is 36.4 Å². The molecule has 3 aromatic rings.